The average Bonchev–Trinajstić information content (AvgIpc) is 3.29. The fourth-order valence-electron chi connectivity index (χ4n) is 3.98. The molecule has 0 saturated carbocycles. The Hall–Kier alpha value is -2.66. The van der Waals surface area contributed by atoms with Gasteiger partial charge in [-0.3, -0.25) is 4.79 Å². The van der Waals surface area contributed by atoms with E-state index in [2.05, 4.69) is 10.3 Å². The minimum absolute atomic E-state index is 0.0379. The highest BCUT2D eigenvalue weighted by Gasteiger charge is 2.34. The normalized spacial score (nSPS) is 16.4. The fourth-order valence-corrected chi connectivity index (χ4v) is 4.71. The van der Waals surface area contributed by atoms with E-state index in [0.29, 0.717) is 35.3 Å². The second kappa shape index (κ2) is 9.91. The number of pyridine rings is 1. The highest BCUT2D eigenvalue weighted by Crippen LogP contribution is 2.32. The Morgan fingerprint density at radius 3 is 2.41 bits per heavy atom. The molecule has 0 radical (unpaired) electrons. The topological polar surface area (TPSA) is 105 Å². The maximum Gasteiger partial charge on any atom is 0.433 e. The van der Waals surface area contributed by atoms with Crippen molar-refractivity contribution in [3.05, 3.63) is 58.3 Å². The first-order valence-corrected chi connectivity index (χ1v) is 12.9. The number of nitrogens with zero attached hydrogens (tertiary/aromatic N) is 2. The fraction of sp³-hybridized carbons (Fsp3) is 0.478. The van der Waals surface area contributed by atoms with Gasteiger partial charge >= 0.3 is 6.18 Å². The van der Waals surface area contributed by atoms with E-state index in [0.717, 1.165) is 25.2 Å². The number of carbonyl (C=O) groups is 1. The van der Waals surface area contributed by atoms with E-state index in [1.54, 1.807) is 32.0 Å². The molecular formula is C23H29F3N4O3S. The molecule has 0 aliphatic carbocycles. The molecule has 1 aliphatic heterocycles. The summed E-state index contributed by atoms with van der Waals surface area (Å²) >= 11 is 0. The van der Waals surface area contributed by atoms with Crippen LogP contribution in [0.3, 0.4) is 0 Å². The third-order valence-corrected chi connectivity index (χ3v) is 7.24. The third-order valence-electron chi connectivity index (χ3n) is 6.06. The molecule has 11 heteroatoms. The first kappa shape index (κ1) is 26.0. The Bertz CT molecular complexity index is 1160. The molecule has 1 aromatic heterocycles. The second-order valence-electron chi connectivity index (χ2n) is 8.68. The molecule has 1 saturated heterocycles. The van der Waals surface area contributed by atoms with Crippen LogP contribution in [0.1, 0.15) is 59.0 Å². The number of carbonyl (C=O) groups excluding carboxylic acids is 1. The Morgan fingerprint density at radius 2 is 1.85 bits per heavy atom. The molecule has 7 nitrogen and oxygen atoms in total. The van der Waals surface area contributed by atoms with Gasteiger partial charge in [0.1, 0.15) is 16.9 Å². The SMILES string of the molecule is Cc1cc(C(C)C(=O)NCc2ccc(C(F)(F)F)nc2N2CCCC2)ccc1C(N)S(C)(=O)=O. The highest BCUT2D eigenvalue weighted by atomic mass is 32.2. The van der Waals surface area contributed by atoms with E-state index < -0.39 is 33.0 Å². The van der Waals surface area contributed by atoms with Gasteiger partial charge in [0.15, 0.2) is 9.84 Å². The van der Waals surface area contributed by atoms with Gasteiger partial charge in [-0.25, -0.2) is 13.4 Å². The van der Waals surface area contributed by atoms with Gasteiger partial charge in [0, 0.05) is 31.5 Å². The lowest BCUT2D eigenvalue weighted by molar-refractivity contribution is -0.141. The summed E-state index contributed by atoms with van der Waals surface area (Å²) in [6.45, 7) is 4.70. The maximum absolute atomic E-state index is 13.2. The van der Waals surface area contributed by atoms with Crippen LogP contribution >= 0.6 is 0 Å². The lowest BCUT2D eigenvalue weighted by atomic mass is 9.96. The van der Waals surface area contributed by atoms with Gasteiger partial charge in [-0.15, -0.1) is 0 Å². The average molecular weight is 499 g/mol. The number of aromatic nitrogens is 1. The first-order valence-electron chi connectivity index (χ1n) is 10.9. The molecule has 3 rings (SSSR count). The van der Waals surface area contributed by atoms with Crippen LogP contribution in [-0.2, 0) is 27.4 Å². The van der Waals surface area contributed by atoms with Crippen molar-refractivity contribution >= 4 is 21.6 Å². The molecule has 0 bridgehead atoms. The van der Waals surface area contributed by atoms with Gasteiger partial charge in [-0.1, -0.05) is 24.3 Å². The number of amides is 1. The number of hydrogen-bond donors (Lipinski definition) is 2. The molecule has 0 spiro atoms. The second-order valence-corrected chi connectivity index (χ2v) is 10.8. The van der Waals surface area contributed by atoms with Gasteiger partial charge < -0.3 is 16.0 Å². The lowest BCUT2D eigenvalue weighted by Gasteiger charge is -2.22. The van der Waals surface area contributed by atoms with Crippen LogP contribution < -0.4 is 16.0 Å². The third kappa shape index (κ3) is 5.87. The van der Waals surface area contributed by atoms with Gasteiger partial charge in [0.2, 0.25) is 5.91 Å². The molecule has 2 heterocycles. The summed E-state index contributed by atoms with van der Waals surface area (Å²) in [5, 5.41) is 1.64. The van der Waals surface area contributed by atoms with Crippen molar-refractivity contribution in [1.82, 2.24) is 10.3 Å². The zero-order valence-corrected chi connectivity index (χ0v) is 20.1. The molecule has 186 valence electrons. The van der Waals surface area contributed by atoms with Crippen molar-refractivity contribution in [2.75, 3.05) is 24.2 Å². The highest BCUT2D eigenvalue weighted by molar-refractivity contribution is 7.90. The van der Waals surface area contributed by atoms with Crippen molar-refractivity contribution in [2.45, 2.75) is 50.7 Å². The molecule has 1 fully saturated rings. The van der Waals surface area contributed by atoms with Crippen LogP contribution in [0.25, 0.3) is 0 Å². The molecule has 2 aromatic rings. The number of anilines is 1. The maximum atomic E-state index is 13.2. The molecule has 1 amide bonds. The van der Waals surface area contributed by atoms with E-state index in [-0.39, 0.29) is 18.3 Å². The zero-order valence-electron chi connectivity index (χ0n) is 19.3. The van der Waals surface area contributed by atoms with Crippen molar-refractivity contribution in [1.29, 1.82) is 0 Å². The smallest absolute Gasteiger partial charge is 0.356 e. The van der Waals surface area contributed by atoms with E-state index in [1.165, 1.54) is 6.07 Å². The zero-order chi connectivity index (χ0) is 25.3. The van der Waals surface area contributed by atoms with Crippen LogP contribution in [0.15, 0.2) is 30.3 Å². The molecule has 1 aromatic carbocycles. The van der Waals surface area contributed by atoms with Crippen LogP contribution in [0.5, 0.6) is 0 Å². The molecule has 2 atom stereocenters. The number of hydrogen-bond acceptors (Lipinski definition) is 6. The number of benzene rings is 1. The van der Waals surface area contributed by atoms with Crippen molar-refractivity contribution in [3.63, 3.8) is 0 Å². The Morgan fingerprint density at radius 1 is 1.21 bits per heavy atom. The quantitative estimate of drug-likeness (QED) is 0.606. The molecule has 34 heavy (non-hydrogen) atoms. The summed E-state index contributed by atoms with van der Waals surface area (Å²) in [5.74, 6) is -0.637. The van der Waals surface area contributed by atoms with Crippen molar-refractivity contribution in [3.8, 4) is 0 Å². The molecule has 1 aliphatic rings. The first-order chi connectivity index (χ1) is 15.8. The number of nitrogens with two attached hydrogens (primary N) is 1. The van der Waals surface area contributed by atoms with E-state index in [4.69, 9.17) is 5.73 Å². The summed E-state index contributed by atoms with van der Waals surface area (Å²) in [4.78, 5) is 18.5. The van der Waals surface area contributed by atoms with Crippen molar-refractivity contribution < 1.29 is 26.4 Å². The number of nitrogens with one attached hydrogen (secondary N) is 1. The van der Waals surface area contributed by atoms with Crippen LogP contribution in [-0.4, -0.2) is 38.7 Å². The monoisotopic (exact) mass is 498 g/mol. The van der Waals surface area contributed by atoms with Gasteiger partial charge in [-0.2, -0.15) is 13.2 Å². The number of halogens is 3. The van der Waals surface area contributed by atoms with Crippen LogP contribution in [0.4, 0.5) is 19.0 Å². The molecule has 2 unspecified atom stereocenters. The Kier molecular flexibility index (Phi) is 7.56. The number of rotatable bonds is 7. The molecule has 3 N–H and O–H groups in total. The van der Waals surface area contributed by atoms with E-state index >= 15 is 0 Å². The van der Waals surface area contributed by atoms with Crippen LogP contribution in [0.2, 0.25) is 0 Å². The van der Waals surface area contributed by atoms with Gasteiger partial charge in [0.05, 0.1) is 5.92 Å². The molecular weight excluding hydrogens is 469 g/mol. The summed E-state index contributed by atoms with van der Waals surface area (Å²) in [5.41, 5.74) is 7.17. The summed E-state index contributed by atoms with van der Waals surface area (Å²) in [6.07, 6.45) is -1.74. The Balaban J connectivity index is 1.76. The van der Waals surface area contributed by atoms with Gasteiger partial charge in [-0.05, 0) is 49.4 Å². The minimum Gasteiger partial charge on any atom is -0.356 e. The van der Waals surface area contributed by atoms with E-state index in [1.807, 2.05) is 4.90 Å². The Labute approximate surface area is 197 Å². The minimum atomic E-state index is -4.55. The number of sulfone groups is 1. The van der Waals surface area contributed by atoms with E-state index in [9.17, 15) is 26.4 Å². The van der Waals surface area contributed by atoms with Crippen LogP contribution in [0, 0.1) is 6.92 Å². The lowest BCUT2D eigenvalue weighted by Crippen LogP contribution is -2.30. The predicted octanol–water partition coefficient (Wildman–Crippen LogP) is 3.43. The summed E-state index contributed by atoms with van der Waals surface area (Å²) < 4.78 is 63.1. The largest absolute Gasteiger partial charge is 0.433 e. The van der Waals surface area contributed by atoms with Gasteiger partial charge in [0.25, 0.3) is 0 Å². The summed E-state index contributed by atoms with van der Waals surface area (Å²) in [6, 6.07) is 7.27. The predicted molar refractivity (Wildman–Crippen MR) is 124 cm³/mol. The van der Waals surface area contributed by atoms with Crippen molar-refractivity contribution in [2.24, 2.45) is 5.73 Å². The number of alkyl halides is 3. The number of aryl methyl sites for hydroxylation is 1. The summed E-state index contributed by atoms with van der Waals surface area (Å²) in [7, 11) is -3.47. The standard InChI is InChI=1S/C23H29F3N4O3S/c1-14-12-16(6-8-18(14)20(27)34(3,32)33)15(2)22(31)28-13-17-7-9-19(23(24,25)26)29-21(17)30-10-4-5-11-30/h6-9,12,15,20H,4-5,10-11,13,27H2,1-3H3,(H,28,31).